The maximum Gasteiger partial charge on any atom is 0.338 e. The average molecular weight is 419 g/mol. The lowest BCUT2D eigenvalue weighted by atomic mass is 10.1. The predicted octanol–water partition coefficient (Wildman–Crippen LogP) is 3.33. The Kier molecular flexibility index (Phi) is 7.53. The van der Waals surface area contributed by atoms with E-state index in [1.165, 1.54) is 38.3 Å². The van der Waals surface area contributed by atoms with Gasteiger partial charge in [0.1, 0.15) is 12.4 Å². The van der Waals surface area contributed by atoms with Crippen LogP contribution in [-0.2, 0) is 21.4 Å². The lowest BCUT2D eigenvalue weighted by Gasteiger charge is -2.13. The van der Waals surface area contributed by atoms with Crippen LogP contribution < -0.4 is 9.46 Å². The van der Waals surface area contributed by atoms with Gasteiger partial charge in [0.15, 0.2) is 5.78 Å². The van der Waals surface area contributed by atoms with Crippen LogP contribution in [0.4, 0.5) is 0 Å². The number of rotatable bonds is 9. The van der Waals surface area contributed by atoms with Crippen LogP contribution in [0, 0.1) is 0 Å². The third kappa shape index (κ3) is 5.88. The van der Waals surface area contributed by atoms with E-state index in [-0.39, 0.29) is 28.9 Å². The highest BCUT2D eigenvalue weighted by Crippen LogP contribution is 2.22. The van der Waals surface area contributed by atoms with Crippen molar-refractivity contribution >= 4 is 21.8 Å². The number of sulfonamides is 1. The molecule has 2 rings (SSSR count). The second-order valence-corrected chi connectivity index (χ2v) is 8.33. The molecule has 8 heteroatoms. The van der Waals surface area contributed by atoms with Crippen molar-refractivity contribution in [1.82, 2.24) is 4.72 Å². The minimum atomic E-state index is -3.64. The van der Waals surface area contributed by atoms with E-state index >= 15 is 0 Å². The maximum atomic E-state index is 12.3. The monoisotopic (exact) mass is 419 g/mol. The first kappa shape index (κ1) is 22.6. The molecule has 0 saturated carbocycles. The molecule has 1 atom stereocenters. The maximum absolute atomic E-state index is 12.3. The van der Waals surface area contributed by atoms with Gasteiger partial charge in [-0.05, 0) is 62.7 Å². The van der Waals surface area contributed by atoms with Gasteiger partial charge in [0.05, 0.1) is 17.6 Å². The number of methoxy groups -OCH3 is 1. The summed E-state index contributed by atoms with van der Waals surface area (Å²) in [5, 5.41) is 0. The molecule has 0 saturated heterocycles. The van der Waals surface area contributed by atoms with Crippen LogP contribution in [0.3, 0.4) is 0 Å². The standard InChI is InChI=1S/C21H25NO6S/c1-5-14(2)22-29(25,26)19-9-6-16(7-10-19)21(24)28-13-18-12-17(15(3)23)8-11-20(18)27-4/h6-12,14,22H,5,13H2,1-4H3. The first-order valence-electron chi connectivity index (χ1n) is 9.15. The summed E-state index contributed by atoms with van der Waals surface area (Å²) in [5.41, 5.74) is 1.26. The summed E-state index contributed by atoms with van der Waals surface area (Å²) >= 11 is 0. The van der Waals surface area contributed by atoms with Crippen molar-refractivity contribution in [3.8, 4) is 5.75 Å². The molecule has 0 spiro atoms. The molecule has 2 aromatic carbocycles. The number of ketones is 1. The van der Waals surface area contributed by atoms with Gasteiger partial charge < -0.3 is 9.47 Å². The Hall–Kier alpha value is -2.71. The molecule has 2 aromatic rings. The van der Waals surface area contributed by atoms with Crippen molar-refractivity contribution in [2.24, 2.45) is 0 Å². The first-order chi connectivity index (χ1) is 13.7. The molecule has 0 aliphatic heterocycles. The summed E-state index contributed by atoms with van der Waals surface area (Å²) in [5.74, 6) is -0.220. The molecule has 156 valence electrons. The summed E-state index contributed by atoms with van der Waals surface area (Å²) in [7, 11) is -2.16. The molecular weight excluding hydrogens is 394 g/mol. The van der Waals surface area contributed by atoms with Gasteiger partial charge in [-0.3, -0.25) is 4.79 Å². The Morgan fingerprint density at radius 3 is 2.24 bits per heavy atom. The van der Waals surface area contributed by atoms with Gasteiger partial charge in [0, 0.05) is 17.2 Å². The van der Waals surface area contributed by atoms with E-state index in [4.69, 9.17) is 9.47 Å². The summed E-state index contributed by atoms with van der Waals surface area (Å²) in [6, 6.07) is 10.2. The Balaban J connectivity index is 2.11. The van der Waals surface area contributed by atoms with Gasteiger partial charge >= 0.3 is 5.97 Å². The molecule has 0 aromatic heterocycles. The third-order valence-corrected chi connectivity index (χ3v) is 6.02. The molecule has 0 heterocycles. The van der Waals surface area contributed by atoms with Crippen molar-refractivity contribution in [1.29, 1.82) is 0 Å². The van der Waals surface area contributed by atoms with Crippen LogP contribution in [0.2, 0.25) is 0 Å². The van der Waals surface area contributed by atoms with Crippen LogP contribution in [-0.4, -0.2) is 33.3 Å². The molecule has 0 aliphatic rings. The van der Waals surface area contributed by atoms with Crippen LogP contribution in [0.5, 0.6) is 5.75 Å². The number of esters is 1. The van der Waals surface area contributed by atoms with E-state index in [9.17, 15) is 18.0 Å². The van der Waals surface area contributed by atoms with E-state index in [0.717, 1.165) is 0 Å². The number of benzene rings is 2. The lowest BCUT2D eigenvalue weighted by molar-refractivity contribution is 0.0470. The number of carbonyl (C=O) groups is 2. The fourth-order valence-electron chi connectivity index (χ4n) is 2.52. The van der Waals surface area contributed by atoms with Gasteiger partial charge in [-0.25, -0.2) is 17.9 Å². The van der Waals surface area contributed by atoms with Crippen molar-refractivity contribution in [2.45, 2.75) is 44.7 Å². The van der Waals surface area contributed by atoms with E-state index in [1.54, 1.807) is 25.1 Å². The quantitative estimate of drug-likeness (QED) is 0.494. The zero-order valence-corrected chi connectivity index (χ0v) is 17.7. The van der Waals surface area contributed by atoms with Crippen LogP contribution in [0.25, 0.3) is 0 Å². The van der Waals surface area contributed by atoms with E-state index in [1.807, 2.05) is 6.92 Å². The molecule has 29 heavy (non-hydrogen) atoms. The highest BCUT2D eigenvalue weighted by atomic mass is 32.2. The molecule has 7 nitrogen and oxygen atoms in total. The molecule has 1 unspecified atom stereocenters. The second kappa shape index (κ2) is 9.67. The zero-order chi connectivity index (χ0) is 21.6. The van der Waals surface area contributed by atoms with Gasteiger partial charge in [-0.1, -0.05) is 6.92 Å². The second-order valence-electron chi connectivity index (χ2n) is 6.61. The zero-order valence-electron chi connectivity index (χ0n) is 16.9. The topological polar surface area (TPSA) is 98.8 Å². The van der Waals surface area contributed by atoms with E-state index in [2.05, 4.69) is 4.72 Å². The molecule has 1 N–H and O–H groups in total. The number of carbonyl (C=O) groups excluding carboxylic acids is 2. The molecule has 0 fully saturated rings. The first-order valence-corrected chi connectivity index (χ1v) is 10.6. The lowest BCUT2D eigenvalue weighted by Crippen LogP contribution is -2.32. The van der Waals surface area contributed by atoms with Gasteiger partial charge in [-0.2, -0.15) is 0 Å². The molecule has 0 aliphatic carbocycles. The summed E-state index contributed by atoms with van der Waals surface area (Å²) in [6.07, 6.45) is 0.665. The number of hydrogen-bond donors (Lipinski definition) is 1. The third-order valence-electron chi connectivity index (χ3n) is 4.41. The smallest absolute Gasteiger partial charge is 0.338 e. The number of Topliss-reactive ketones (excluding diaryl/α,β-unsaturated/α-hetero) is 1. The fourth-order valence-corrected chi connectivity index (χ4v) is 3.85. The minimum absolute atomic E-state index is 0.0742. The Morgan fingerprint density at radius 2 is 1.69 bits per heavy atom. The molecule has 0 bridgehead atoms. The Bertz CT molecular complexity index is 983. The molecule has 0 radical (unpaired) electrons. The summed E-state index contributed by atoms with van der Waals surface area (Å²) in [4.78, 5) is 24.0. The summed E-state index contributed by atoms with van der Waals surface area (Å²) < 4.78 is 37.7. The predicted molar refractivity (Wildman–Crippen MR) is 109 cm³/mol. The minimum Gasteiger partial charge on any atom is -0.496 e. The summed E-state index contributed by atoms with van der Waals surface area (Å²) in [6.45, 7) is 5.02. The normalized spacial score (nSPS) is 12.3. The number of nitrogens with one attached hydrogen (secondary N) is 1. The van der Waals surface area contributed by atoms with Crippen LogP contribution in [0.15, 0.2) is 47.4 Å². The highest BCUT2D eigenvalue weighted by Gasteiger charge is 2.18. The van der Waals surface area contributed by atoms with Crippen molar-refractivity contribution in [3.05, 3.63) is 59.2 Å². The van der Waals surface area contributed by atoms with Crippen LogP contribution >= 0.6 is 0 Å². The van der Waals surface area contributed by atoms with Crippen molar-refractivity contribution < 1.29 is 27.5 Å². The molecule has 0 amide bonds. The van der Waals surface area contributed by atoms with E-state index in [0.29, 0.717) is 23.3 Å². The van der Waals surface area contributed by atoms with Gasteiger partial charge in [0.25, 0.3) is 0 Å². The number of ether oxygens (including phenoxy) is 2. The van der Waals surface area contributed by atoms with Gasteiger partial charge in [-0.15, -0.1) is 0 Å². The SMILES string of the molecule is CCC(C)NS(=O)(=O)c1ccc(C(=O)OCc2cc(C(C)=O)ccc2OC)cc1. The largest absolute Gasteiger partial charge is 0.496 e. The fraction of sp³-hybridized carbons (Fsp3) is 0.333. The highest BCUT2D eigenvalue weighted by molar-refractivity contribution is 7.89. The van der Waals surface area contributed by atoms with Gasteiger partial charge in [0.2, 0.25) is 10.0 Å². The molecular formula is C21H25NO6S. The Labute approximate surface area is 171 Å². The van der Waals surface area contributed by atoms with E-state index < -0.39 is 16.0 Å². The van der Waals surface area contributed by atoms with Crippen molar-refractivity contribution in [2.75, 3.05) is 7.11 Å². The average Bonchev–Trinajstić information content (AvgIpc) is 2.71. The van der Waals surface area contributed by atoms with Crippen LogP contribution in [0.1, 0.15) is 53.5 Å². The number of hydrogen-bond acceptors (Lipinski definition) is 6. The van der Waals surface area contributed by atoms with Crippen molar-refractivity contribution in [3.63, 3.8) is 0 Å². The Morgan fingerprint density at radius 1 is 1.07 bits per heavy atom.